The Kier molecular flexibility index (Phi) is 22.9. The molecule has 69 heavy (non-hydrogen) atoms. The van der Waals surface area contributed by atoms with Gasteiger partial charge in [0.05, 0.1) is 0 Å². The van der Waals surface area contributed by atoms with Crippen molar-refractivity contribution in [3.8, 4) is 0 Å². The van der Waals surface area contributed by atoms with Crippen LogP contribution in [0, 0.1) is 35.5 Å². The maximum Gasteiger partial charge on any atom is 1.00 e. The monoisotopic (exact) mass is 974 g/mol. The molecule has 0 radical (unpaired) electrons. The number of benzene rings is 6. The SMILES string of the molecule is C.CC(C)[C@@H]1CC[C@@H](C)C[C@H]1OC(=O)C=P(c1ccccc1)(c1ccccc1)c1ccccc1.CC(C)[C@@H]1CC[C@@H](C)C[C@H]1OC(=O)C[P+](c1ccccc1)(c1ccccc1)c1ccccc1.[Na+].[OH-]. The molecule has 6 atom stereocenters. The van der Waals surface area contributed by atoms with Gasteiger partial charge in [-0.1, -0.05) is 207 Å². The van der Waals surface area contributed by atoms with Crippen molar-refractivity contribution in [2.24, 2.45) is 35.5 Å². The van der Waals surface area contributed by atoms with Crippen LogP contribution in [0.2, 0.25) is 0 Å². The first-order valence-corrected chi connectivity index (χ1v) is 28.2. The molecular formula is C61H76NaO5P2+. The molecule has 2 fully saturated rings. The quantitative estimate of drug-likeness (QED) is 0.0656. The third-order valence-corrected chi connectivity index (χ3v) is 22.4. The minimum Gasteiger partial charge on any atom is -0.870 e. The summed E-state index contributed by atoms with van der Waals surface area (Å²) in [5.41, 5.74) is 0. The molecule has 0 unspecified atom stereocenters. The number of carbonyl (C=O) groups excluding carboxylic acids is 2. The number of hydrogen-bond acceptors (Lipinski definition) is 5. The summed E-state index contributed by atoms with van der Waals surface area (Å²) in [6.45, 7) is 11.2. The second-order valence-electron chi connectivity index (χ2n) is 19.5. The second kappa shape index (κ2) is 27.5. The van der Waals surface area contributed by atoms with Gasteiger partial charge in [-0.05, 0) is 120 Å². The van der Waals surface area contributed by atoms with Gasteiger partial charge >= 0.3 is 41.5 Å². The topological polar surface area (TPSA) is 82.6 Å². The summed E-state index contributed by atoms with van der Waals surface area (Å²) < 4.78 is 12.6. The van der Waals surface area contributed by atoms with Crippen LogP contribution >= 0.6 is 14.1 Å². The minimum absolute atomic E-state index is 0. The third kappa shape index (κ3) is 14.1. The van der Waals surface area contributed by atoms with E-state index in [1.165, 1.54) is 28.8 Å². The van der Waals surface area contributed by atoms with E-state index in [1.54, 1.807) is 0 Å². The molecule has 0 amide bonds. The average molecular weight is 974 g/mol. The molecule has 0 aromatic heterocycles. The van der Waals surface area contributed by atoms with Crippen LogP contribution in [0.15, 0.2) is 182 Å². The van der Waals surface area contributed by atoms with Crippen LogP contribution in [-0.2, 0) is 19.1 Å². The van der Waals surface area contributed by atoms with Gasteiger partial charge in [0.25, 0.3) is 0 Å². The number of rotatable bonds is 13. The molecule has 0 saturated heterocycles. The third-order valence-electron chi connectivity index (χ3n) is 14.2. The molecule has 2 aliphatic rings. The summed E-state index contributed by atoms with van der Waals surface area (Å²) in [7, 11) is -2.21. The standard InChI is InChI=1S/C30H36O2P.C30H35O2P.CH4.Na.H2O/c2*1-23(2)28-20-19-24(3)21-29(28)32-30(31)22-33(25-13-7-4-8-14-25,26-15-9-5-10-16-26)27-17-11-6-12-18-27;;;/h4-18,23-24,28-29H,19-22H2,1-3H3;4-18,22-24,28-29H,19-21H2,1-3H3;1H4;;1H2/q+1;;;+1;/p-1/t2*24-,28+,29-;;;/m11.../s1. The van der Waals surface area contributed by atoms with E-state index in [4.69, 9.17) is 9.47 Å². The minimum atomic E-state index is -2.34. The van der Waals surface area contributed by atoms with Gasteiger partial charge in [-0.3, -0.25) is 0 Å². The first kappa shape index (κ1) is 57.5. The zero-order valence-electron chi connectivity index (χ0n) is 41.4. The van der Waals surface area contributed by atoms with Crippen LogP contribution in [0.3, 0.4) is 0 Å². The number of carbonyl (C=O) groups is 2. The zero-order valence-corrected chi connectivity index (χ0v) is 45.2. The van der Waals surface area contributed by atoms with Gasteiger partial charge in [0, 0.05) is 5.80 Å². The van der Waals surface area contributed by atoms with E-state index in [1.807, 2.05) is 42.2 Å². The molecule has 2 aliphatic carbocycles. The Morgan fingerprint density at radius 3 is 1.14 bits per heavy atom. The van der Waals surface area contributed by atoms with E-state index in [9.17, 15) is 9.59 Å². The predicted octanol–water partition coefficient (Wildman–Crippen LogP) is 9.23. The molecule has 0 spiro atoms. The molecule has 360 valence electrons. The molecular weight excluding hydrogens is 898 g/mol. The van der Waals surface area contributed by atoms with E-state index in [2.05, 4.69) is 187 Å². The van der Waals surface area contributed by atoms with Crippen LogP contribution in [0.25, 0.3) is 0 Å². The second-order valence-corrected chi connectivity index (χ2v) is 26.2. The van der Waals surface area contributed by atoms with E-state index >= 15 is 0 Å². The van der Waals surface area contributed by atoms with E-state index in [0.29, 0.717) is 41.7 Å². The fourth-order valence-electron chi connectivity index (χ4n) is 10.7. The smallest absolute Gasteiger partial charge is 0.870 e. The Bertz CT molecular complexity index is 2270. The van der Waals surface area contributed by atoms with Gasteiger partial charge in [-0.25, -0.2) is 9.59 Å². The summed E-state index contributed by atoms with van der Waals surface area (Å²) >= 11 is 0. The van der Waals surface area contributed by atoms with Crippen molar-refractivity contribution in [3.63, 3.8) is 0 Å². The van der Waals surface area contributed by atoms with E-state index in [-0.39, 0.29) is 66.6 Å². The van der Waals surface area contributed by atoms with Crippen molar-refractivity contribution in [1.29, 1.82) is 0 Å². The van der Waals surface area contributed by atoms with Crippen LogP contribution < -0.4 is 61.4 Å². The van der Waals surface area contributed by atoms with Crippen LogP contribution in [0.1, 0.15) is 87.5 Å². The first-order valence-electron chi connectivity index (χ1n) is 24.4. The van der Waals surface area contributed by atoms with Gasteiger partial charge < -0.3 is 14.9 Å². The molecule has 0 aliphatic heterocycles. The molecule has 2 saturated carbocycles. The van der Waals surface area contributed by atoms with Gasteiger partial charge in [0.1, 0.15) is 35.4 Å². The fourth-order valence-corrected chi connectivity index (χ4v) is 18.3. The van der Waals surface area contributed by atoms with Gasteiger partial charge in [-0.15, -0.1) is 0 Å². The van der Waals surface area contributed by atoms with Crippen LogP contribution in [-0.4, -0.2) is 41.6 Å². The maximum absolute atomic E-state index is 13.7. The molecule has 8 rings (SSSR count). The van der Waals surface area contributed by atoms with Gasteiger partial charge in [0.2, 0.25) is 0 Å². The first-order chi connectivity index (χ1) is 32.0. The predicted molar refractivity (Wildman–Crippen MR) is 292 cm³/mol. The molecule has 5 nitrogen and oxygen atoms in total. The van der Waals surface area contributed by atoms with Crippen molar-refractivity contribution in [1.82, 2.24) is 0 Å². The van der Waals surface area contributed by atoms with E-state index in [0.717, 1.165) is 41.6 Å². The van der Waals surface area contributed by atoms with Gasteiger partial charge in [-0.2, -0.15) is 0 Å². The van der Waals surface area contributed by atoms with Crippen molar-refractivity contribution < 1.29 is 54.1 Å². The Morgan fingerprint density at radius 2 is 0.826 bits per heavy atom. The summed E-state index contributed by atoms with van der Waals surface area (Å²) in [4.78, 5) is 27.4. The summed E-state index contributed by atoms with van der Waals surface area (Å²) in [6.07, 6.45) is 7.05. The van der Waals surface area contributed by atoms with Crippen molar-refractivity contribution >= 4 is 63.7 Å². The molecule has 6 aromatic carbocycles. The number of esters is 2. The Morgan fingerprint density at radius 1 is 0.522 bits per heavy atom. The molecule has 1 N–H and O–H groups in total. The number of hydrogen-bond donors (Lipinski definition) is 0. The summed E-state index contributed by atoms with van der Waals surface area (Å²) in [5.74, 6) is 4.77. The number of ether oxygens (including phenoxy) is 2. The Hall–Kier alpha value is -4.05. The molecule has 8 heteroatoms. The normalized spacial score (nSPS) is 20.1. The van der Waals surface area contributed by atoms with Crippen molar-refractivity contribution in [2.75, 3.05) is 6.16 Å². The maximum atomic E-state index is 13.7. The van der Waals surface area contributed by atoms with Crippen molar-refractivity contribution in [2.45, 2.75) is 99.7 Å². The summed E-state index contributed by atoms with van der Waals surface area (Å²) in [5, 5.41) is 7.15. The Balaban J connectivity index is 0.000000288. The largest absolute Gasteiger partial charge is 1.00 e. The molecule has 0 heterocycles. The average Bonchev–Trinajstić information content (AvgIpc) is 3.34. The van der Waals surface area contributed by atoms with E-state index < -0.39 is 14.1 Å². The van der Waals surface area contributed by atoms with Crippen molar-refractivity contribution in [3.05, 3.63) is 182 Å². The van der Waals surface area contributed by atoms with Gasteiger partial charge in [0.15, 0.2) is 6.16 Å². The summed E-state index contributed by atoms with van der Waals surface area (Å²) in [6, 6.07) is 63.1. The van der Waals surface area contributed by atoms with Crippen LogP contribution in [0.4, 0.5) is 0 Å². The van der Waals surface area contributed by atoms with Crippen LogP contribution in [0.5, 0.6) is 0 Å². The Labute approximate surface area is 438 Å². The zero-order chi connectivity index (χ0) is 46.5. The molecule has 6 aromatic rings. The molecule has 0 bridgehead atoms. The fraction of sp³-hybridized carbons (Fsp3) is 0.361.